The smallest absolute Gasteiger partial charge is 0.200 e. The molecule has 4 heterocycles. The fraction of sp³-hybridized carbons (Fsp3) is 0.533. The van der Waals surface area contributed by atoms with Gasteiger partial charge in [0.15, 0.2) is 5.65 Å². The van der Waals surface area contributed by atoms with Crippen molar-refractivity contribution < 1.29 is 8.91 Å². The molecule has 0 spiro atoms. The molecule has 0 aromatic carbocycles. The van der Waals surface area contributed by atoms with E-state index in [0.717, 1.165) is 17.0 Å². The lowest BCUT2D eigenvalue weighted by Crippen LogP contribution is -2.35. The SMILES string of the molecule is Cc1noc(C)c1CN1C[C@@H](F)C[C@H]1CNc1ccc2nnnn2n1. The van der Waals surface area contributed by atoms with Crippen LogP contribution in [-0.2, 0) is 6.54 Å². The van der Waals surface area contributed by atoms with Gasteiger partial charge in [0.05, 0.1) is 5.69 Å². The third-order valence-corrected chi connectivity index (χ3v) is 4.61. The molecule has 9 nitrogen and oxygen atoms in total. The Kier molecular flexibility index (Phi) is 4.04. The van der Waals surface area contributed by atoms with Crippen molar-refractivity contribution in [3.63, 3.8) is 0 Å². The molecule has 0 radical (unpaired) electrons. The van der Waals surface area contributed by atoms with Crippen molar-refractivity contribution in [2.24, 2.45) is 0 Å². The Morgan fingerprint density at radius 1 is 1.36 bits per heavy atom. The average molecular weight is 346 g/mol. The van der Waals surface area contributed by atoms with Crippen LogP contribution in [0.15, 0.2) is 16.7 Å². The number of hydrogen-bond acceptors (Lipinski definition) is 8. The number of nitrogens with one attached hydrogen (secondary N) is 1. The molecule has 1 fully saturated rings. The maximum atomic E-state index is 14.0. The molecule has 2 atom stereocenters. The second-order valence-corrected chi connectivity index (χ2v) is 6.34. The lowest BCUT2D eigenvalue weighted by atomic mass is 10.1. The van der Waals surface area contributed by atoms with Gasteiger partial charge in [-0.05, 0) is 42.8 Å². The summed E-state index contributed by atoms with van der Waals surface area (Å²) in [7, 11) is 0. The average Bonchev–Trinajstić information content (AvgIpc) is 3.28. The van der Waals surface area contributed by atoms with E-state index in [0.29, 0.717) is 37.5 Å². The Balaban J connectivity index is 1.44. The summed E-state index contributed by atoms with van der Waals surface area (Å²) in [5, 5.41) is 22.7. The van der Waals surface area contributed by atoms with Gasteiger partial charge in [-0.15, -0.1) is 14.8 Å². The maximum Gasteiger partial charge on any atom is 0.200 e. The van der Waals surface area contributed by atoms with Crippen LogP contribution in [0.2, 0.25) is 0 Å². The lowest BCUT2D eigenvalue weighted by Gasteiger charge is -2.24. The molecule has 1 saturated heterocycles. The zero-order valence-corrected chi connectivity index (χ0v) is 14.1. The van der Waals surface area contributed by atoms with Gasteiger partial charge in [-0.25, -0.2) is 4.39 Å². The van der Waals surface area contributed by atoms with E-state index in [1.807, 2.05) is 19.9 Å². The molecule has 0 unspecified atom stereocenters. The van der Waals surface area contributed by atoms with Crippen molar-refractivity contribution in [1.29, 1.82) is 0 Å². The van der Waals surface area contributed by atoms with E-state index in [9.17, 15) is 4.39 Å². The van der Waals surface area contributed by atoms with Gasteiger partial charge in [-0.1, -0.05) is 5.16 Å². The first-order valence-electron chi connectivity index (χ1n) is 8.19. The molecular formula is C15H19FN8O. The Morgan fingerprint density at radius 3 is 3.04 bits per heavy atom. The van der Waals surface area contributed by atoms with Crippen molar-refractivity contribution in [2.75, 3.05) is 18.4 Å². The standard InChI is InChI=1S/C15H19FN8O/c1-9-13(10(2)25-20-9)8-23-7-11(16)5-12(23)6-17-14-3-4-15-18-21-22-24(15)19-14/h3-4,11-12H,5-8H2,1-2H3,(H,17,19)/t11-,12-/m0/s1. The first kappa shape index (κ1) is 15.9. The third-order valence-electron chi connectivity index (χ3n) is 4.61. The first-order chi connectivity index (χ1) is 12.1. The number of likely N-dealkylation sites (tertiary alicyclic amines) is 1. The summed E-state index contributed by atoms with van der Waals surface area (Å²) in [6.45, 7) is 5.43. The van der Waals surface area contributed by atoms with Gasteiger partial charge >= 0.3 is 0 Å². The van der Waals surface area contributed by atoms with Crippen LogP contribution in [0.4, 0.5) is 10.2 Å². The van der Waals surface area contributed by atoms with Crippen LogP contribution in [0, 0.1) is 13.8 Å². The van der Waals surface area contributed by atoms with Crippen molar-refractivity contribution in [2.45, 2.75) is 39.0 Å². The van der Waals surface area contributed by atoms with Crippen molar-refractivity contribution in [3.8, 4) is 0 Å². The minimum Gasteiger partial charge on any atom is -0.367 e. The molecule has 0 bridgehead atoms. The lowest BCUT2D eigenvalue weighted by molar-refractivity contribution is 0.239. The number of alkyl halides is 1. The number of anilines is 1. The fourth-order valence-corrected chi connectivity index (χ4v) is 3.23. The monoisotopic (exact) mass is 346 g/mol. The second kappa shape index (κ2) is 6.36. The highest BCUT2D eigenvalue weighted by Crippen LogP contribution is 2.25. The zero-order chi connectivity index (χ0) is 17.4. The third kappa shape index (κ3) is 3.16. The molecule has 3 aromatic heterocycles. The number of aryl methyl sites for hydroxylation is 2. The summed E-state index contributed by atoms with van der Waals surface area (Å²) >= 11 is 0. The molecule has 1 N–H and O–H groups in total. The van der Waals surface area contributed by atoms with E-state index >= 15 is 0 Å². The summed E-state index contributed by atoms with van der Waals surface area (Å²) in [4.78, 5) is 2.12. The van der Waals surface area contributed by atoms with E-state index in [1.54, 1.807) is 6.07 Å². The van der Waals surface area contributed by atoms with Crippen LogP contribution in [0.25, 0.3) is 5.65 Å². The molecule has 132 valence electrons. The molecule has 4 rings (SSSR count). The van der Waals surface area contributed by atoms with Gasteiger partial charge in [0.25, 0.3) is 0 Å². The van der Waals surface area contributed by atoms with Crippen LogP contribution in [0.1, 0.15) is 23.4 Å². The van der Waals surface area contributed by atoms with Crippen LogP contribution >= 0.6 is 0 Å². The topological polar surface area (TPSA) is 97.3 Å². The van der Waals surface area contributed by atoms with E-state index in [-0.39, 0.29) is 6.04 Å². The predicted octanol–water partition coefficient (Wildman–Crippen LogP) is 1.15. The Morgan fingerprint density at radius 2 is 2.24 bits per heavy atom. The van der Waals surface area contributed by atoms with Crippen molar-refractivity contribution in [1.82, 2.24) is 35.3 Å². The van der Waals surface area contributed by atoms with Crippen LogP contribution < -0.4 is 5.32 Å². The maximum absolute atomic E-state index is 14.0. The van der Waals surface area contributed by atoms with Gasteiger partial charge in [-0.2, -0.15) is 0 Å². The summed E-state index contributed by atoms with van der Waals surface area (Å²) < 4.78 is 20.6. The molecule has 3 aromatic rings. The van der Waals surface area contributed by atoms with Crippen LogP contribution in [0.3, 0.4) is 0 Å². The quantitative estimate of drug-likeness (QED) is 0.735. The minimum absolute atomic E-state index is 0.0649. The fourth-order valence-electron chi connectivity index (χ4n) is 3.23. The molecule has 0 aliphatic carbocycles. The number of aromatic nitrogens is 6. The number of rotatable bonds is 5. The molecule has 0 saturated carbocycles. The summed E-state index contributed by atoms with van der Waals surface area (Å²) in [5.74, 6) is 1.44. The highest BCUT2D eigenvalue weighted by molar-refractivity contribution is 5.42. The van der Waals surface area contributed by atoms with Gasteiger partial charge in [0.2, 0.25) is 0 Å². The molecule has 1 aliphatic rings. The number of halogens is 1. The number of hydrogen-bond donors (Lipinski definition) is 1. The second-order valence-electron chi connectivity index (χ2n) is 6.34. The minimum atomic E-state index is -0.831. The van der Waals surface area contributed by atoms with E-state index in [4.69, 9.17) is 4.52 Å². The summed E-state index contributed by atoms with van der Waals surface area (Å²) in [6, 6.07) is 3.66. The number of nitrogens with zero attached hydrogens (tertiary/aromatic N) is 7. The van der Waals surface area contributed by atoms with Crippen LogP contribution in [-0.4, -0.2) is 60.6 Å². The predicted molar refractivity (Wildman–Crippen MR) is 86.8 cm³/mol. The van der Waals surface area contributed by atoms with Gasteiger partial charge in [0.1, 0.15) is 17.7 Å². The molecule has 10 heteroatoms. The molecule has 1 aliphatic heterocycles. The number of tetrazole rings is 1. The van der Waals surface area contributed by atoms with Crippen LogP contribution in [0.5, 0.6) is 0 Å². The first-order valence-corrected chi connectivity index (χ1v) is 8.19. The molecule has 25 heavy (non-hydrogen) atoms. The Hall–Kier alpha value is -2.62. The van der Waals surface area contributed by atoms with Gasteiger partial charge in [0, 0.05) is 31.2 Å². The summed E-state index contributed by atoms with van der Waals surface area (Å²) in [5.41, 5.74) is 2.47. The summed E-state index contributed by atoms with van der Waals surface area (Å²) in [6.07, 6.45) is -0.342. The molecular weight excluding hydrogens is 327 g/mol. The van der Waals surface area contributed by atoms with E-state index in [2.05, 4.69) is 36.0 Å². The Bertz CT molecular complexity index is 858. The largest absolute Gasteiger partial charge is 0.367 e. The highest BCUT2D eigenvalue weighted by atomic mass is 19.1. The molecule has 0 amide bonds. The van der Waals surface area contributed by atoms with E-state index in [1.165, 1.54) is 4.63 Å². The van der Waals surface area contributed by atoms with Crippen molar-refractivity contribution >= 4 is 11.5 Å². The van der Waals surface area contributed by atoms with Gasteiger partial charge in [-0.3, -0.25) is 4.90 Å². The Labute approximate surface area is 143 Å². The zero-order valence-electron chi connectivity index (χ0n) is 14.1. The highest BCUT2D eigenvalue weighted by Gasteiger charge is 2.33. The number of fused-ring (bicyclic) bond motifs is 1. The van der Waals surface area contributed by atoms with E-state index < -0.39 is 6.17 Å². The van der Waals surface area contributed by atoms with Crippen molar-refractivity contribution in [3.05, 3.63) is 29.2 Å². The normalized spacial score (nSPS) is 21.2. The van der Waals surface area contributed by atoms with Gasteiger partial charge < -0.3 is 9.84 Å².